The van der Waals surface area contributed by atoms with E-state index in [0.717, 1.165) is 0 Å². The minimum atomic E-state index is -2.43. The molecule has 0 aliphatic carbocycles. The summed E-state index contributed by atoms with van der Waals surface area (Å²) in [4.78, 5) is 0. The van der Waals surface area contributed by atoms with Gasteiger partial charge >= 0.3 is 8.80 Å². The molecule has 0 bridgehead atoms. The summed E-state index contributed by atoms with van der Waals surface area (Å²) in [5.41, 5.74) is 3.83. The fourth-order valence-electron chi connectivity index (χ4n) is 0.500. The van der Waals surface area contributed by atoms with E-state index >= 15 is 0 Å². The molecule has 12 heavy (non-hydrogen) atoms. The van der Waals surface area contributed by atoms with Crippen LogP contribution in [0.1, 0.15) is 0 Å². The van der Waals surface area contributed by atoms with Crippen molar-refractivity contribution in [3.63, 3.8) is 0 Å². The van der Waals surface area contributed by atoms with Crippen LogP contribution in [0.4, 0.5) is 0 Å². The van der Waals surface area contributed by atoms with Crippen LogP contribution >= 0.6 is 0 Å². The van der Waals surface area contributed by atoms with Gasteiger partial charge in [-0.1, -0.05) is 19.7 Å². The smallest absolute Gasteiger partial charge is 0.374 e. The number of hydrogen-bond acceptors (Lipinski definition) is 3. The quantitative estimate of drug-likeness (QED) is 0.495. The molecule has 0 N–H and O–H groups in total. The van der Waals surface area contributed by atoms with E-state index in [4.69, 9.17) is 13.3 Å². The third-order valence-corrected chi connectivity index (χ3v) is 3.31. The first kappa shape index (κ1) is 13.9. The molecule has 0 aromatic rings. The zero-order valence-electron chi connectivity index (χ0n) is 7.92. The molecular weight excluding hydrogens is 172 g/mol. The van der Waals surface area contributed by atoms with Gasteiger partial charge in [0.2, 0.25) is 0 Å². The van der Waals surface area contributed by atoms with Gasteiger partial charge in [-0.15, -0.1) is 5.73 Å². The van der Waals surface area contributed by atoms with Crippen molar-refractivity contribution in [1.29, 1.82) is 0 Å². The Morgan fingerprint density at radius 3 is 1.33 bits per heavy atom. The van der Waals surface area contributed by atoms with E-state index in [0.29, 0.717) is 0 Å². The Labute approximate surface area is 75.3 Å². The predicted octanol–water partition coefficient (Wildman–Crippen LogP) is 1.55. The fourth-order valence-corrected chi connectivity index (χ4v) is 1.50. The molecular formula is C8H16O3Si. The second-order valence-corrected chi connectivity index (χ2v) is 4.51. The number of rotatable bonds is 4. The lowest BCUT2D eigenvalue weighted by atomic mass is 11.0. The molecule has 0 aromatic heterocycles. The molecule has 70 valence electrons. The van der Waals surface area contributed by atoms with Crippen molar-refractivity contribution >= 4 is 8.80 Å². The molecule has 0 saturated carbocycles. The zero-order chi connectivity index (χ0) is 10.0. The minimum absolute atomic E-state index is 1.54. The van der Waals surface area contributed by atoms with E-state index in [1.54, 1.807) is 27.0 Å². The summed E-state index contributed by atoms with van der Waals surface area (Å²) < 4.78 is 14.9. The SMILES string of the molecule is C=C=C.C=C[Si](OC)(OC)OC. The Morgan fingerprint density at radius 1 is 1.08 bits per heavy atom. The monoisotopic (exact) mass is 188 g/mol. The molecule has 0 amide bonds. The van der Waals surface area contributed by atoms with Gasteiger partial charge in [-0.2, -0.15) is 0 Å². The molecule has 0 spiro atoms. The maximum Gasteiger partial charge on any atom is 0.528 e. The third kappa shape index (κ3) is 5.07. The van der Waals surface area contributed by atoms with Crippen LogP contribution in [-0.2, 0) is 13.3 Å². The van der Waals surface area contributed by atoms with E-state index in [-0.39, 0.29) is 0 Å². The molecule has 0 aromatic carbocycles. The summed E-state index contributed by atoms with van der Waals surface area (Å²) >= 11 is 0. The fraction of sp³-hybridized carbons (Fsp3) is 0.375. The Kier molecular flexibility index (Phi) is 9.80. The molecule has 0 rings (SSSR count). The highest BCUT2D eigenvalue weighted by Gasteiger charge is 2.33. The topological polar surface area (TPSA) is 27.7 Å². The standard InChI is InChI=1S/C5H12O3Si.C3H4/c1-5-9(6-2,7-3)8-4;1-3-2/h5H,1H2,2-4H3;1-2H2. The zero-order valence-corrected chi connectivity index (χ0v) is 8.92. The first-order valence-corrected chi connectivity index (χ1v) is 5.04. The lowest BCUT2D eigenvalue weighted by molar-refractivity contribution is 0.138. The van der Waals surface area contributed by atoms with Gasteiger partial charge in [0.05, 0.1) is 0 Å². The van der Waals surface area contributed by atoms with Gasteiger partial charge < -0.3 is 13.3 Å². The highest BCUT2D eigenvalue weighted by molar-refractivity contribution is 6.66. The van der Waals surface area contributed by atoms with Crippen LogP contribution in [-0.4, -0.2) is 30.1 Å². The Morgan fingerprint density at radius 2 is 1.33 bits per heavy atom. The van der Waals surface area contributed by atoms with E-state index < -0.39 is 8.80 Å². The van der Waals surface area contributed by atoms with Gasteiger partial charge in [0.1, 0.15) is 0 Å². The first-order chi connectivity index (χ1) is 5.66. The van der Waals surface area contributed by atoms with Crippen molar-refractivity contribution in [3.8, 4) is 0 Å². The summed E-state index contributed by atoms with van der Waals surface area (Å²) in [7, 11) is 2.20. The normalized spacial score (nSPS) is 9.25. The minimum Gasteiger partial charge on any atom is -0.374 e. The van der Waals surface area contributed by atoms with Crippen LogP contribution in [0, 0.1) is 0 Å². The van der Waals surface area contributed by atoms with E-state index in [9.17, 15) is 0 Å². The number of hydrogen-bond donors (Lipinski definition) is 0. The molecule has 0 aliphatic rings. The second-order valence-electron chi connectivity index (χ2n) is 1.67. The lowest BCUT2D eigenvalue weighted by Gasteiger charge is -2.19. The maximum absolute atomic E-state index is 4.96. The van der Waals surface area contributed by atoms with Crippen molar-refractivity contribution < 1.29 is 13.3 Å². The summed E-state index contributed by atoms with van der Waals surface area (Å²) in [6.07, 6.45) is 0. The molecule has 0 unspecified atom stereocenters. The van der Waals surface area contributed by atoms with Gasteiger partial charge in [-0.05, 0) is 5.70 Å². The highest BCUT2D eigenvalue weighted by Crippen LogP contribution is 2.04. The molecule has 0 radical (unpaired) electrons. The molecule has 0 heterocycles. The maximum atomic E-state index is 4.96. The van der Waals surface area contributed by atoms with Crippen LogP contribution in [0.25, 0.3) is 0 Å². The van der Waals surface area contributed by atoms with Gasteiger partial charge in [-0.25, -0.2) is 0 Å². The molecule has 3 nitrogen and oxygen atoms in total. The van der Waals surface area contributed by atoms with Crippen molar-refractivity contribution in [2.24, 2.45) is 0 Å². The Hall–Kier alpha value is -0.643. The molecule has 0 atom stereocenters. The van der Waals surface area contributed by atoms with Crippen molar-refractivity contribution in [2.45, 2.75) is 0 Å². The summed E-state index contributed by atoms with van der Waals surface area (Å²) in [5, 5.41) is 0. The van der Waals surface area contributed by atoms with Gasteiger partial charge in [0, 0.05) is 21.3 Å². The van der Waals surface area contributed by atoms with Crippen molar-refractivity contribution in [1.82, 2.24) is 0 Å². The molecule has 0 aliphatic heterocycles. The van der Waals surface area contributed by atoms with E-state index in [2.05, 4.69) is 25.5 Å². The average Bonchev–Trinajstić information content (AvgIpc) is 2.11. The molecule has 0 fully saturated rings. The Balaban J connectivity index is 0. The van der Waals surface area contributed by atoms with Crippen molar-refractivity contribution in [3.05, 3.63) is 31.2 Å². The first-order valence-electron chi connectivity index (χ1n) is 3.24. The highest BCUT2D eigenvalue weighted by atomic mass is 28.4. The van der Waals surface area contributed by atoms with Gasteiger partial charge in [0.15, 0.2) is 0 Å². The predicted molar refractivity (Wildman–Crippen MR) is 51.7 cm³/mol. The summed E-state index contributed by atoms with van der Waals surface area (Å²) in [6, 6.07) is 0. The van der Waals surface area contributed by atoms with Crippen LogP contribution in [0.3, 0.4) is 0 Å². The third-order valence-electron chi connectivity index (χ3n) is 1.10. The van der Waals surface area contributed by atoms with E-state index in [1.165, 1.54) is 0 Å². The van der Waals surface area contributed by atoms with Crippen molar-refractivity contribution in [2.75, 3.05) is 21.3 Å². The van der Waals surface area contributed by atoms with Crippen LogP contribution < -0.4 is 0 Å². The van der Waals surface area contributed by atoms with Gasteiger partial charge in [-0.3, -0.25) is 0 Å². The van der Waals surface area contributed by atoms with Crippen LogP contribution in [0.5, 0.6) is 0 Å². The van der Waals surface area contributed by atoms with E-state index in [1.807, 2.05) is 0 Å². The second kappa shape index (κ2) is 8.45. The lowest BCUT2D eigenvalue weighted by Crippen LogP contribution is -2.40. The largest absolute Gasteiger partial charge is 0.528 e. The van der Waals surface area contributed by atoms with Crippen LogP contribution in [0.2, 0.25) is 0 Å². The summed E-state index contributed by atoms with van der Waals surface area (Å²) in [6.45, 7) is 9.78. The molecule has 0 saturated heterocycles. The molecule has 4 heteroatoms. The van der Waals surface area contributed by atoms with Crippen LogP contribution in [0.15, 0.2) is 31.2 Å². The van der Waals surface area contributed by atoms with Gasteiger partial charge in [0.25, 0.3) is 0 Å². The Bertz CT molecular complexity index is 138. The summed E-state index contributed by atoms with van der Waals surface area (Å²) in [5.74, 6) is 0. The average molecular weight is 188 g/mol.